The van der Waals surface area contributed by atoms with Crippen LogP contribution >= 0.6 is 27.5 Å². The fourth-order valence-electron chi connectivity index (χ4n) is 1.25. The summed E-state index contributed by atoms with van der Waals surface area (Å²) in [6.07, 6.45) is -1.60. The van der Waals surface area contributed by atoms with Crippen LogP contribution in [0, 0.1) is 0 Å². The summed E-state index contributed by atoms with van der Waals surface area (Å²) in [6.45, 7) is 0. The van der Waals surface area contributed by atoms with Gasteiger partial charge in [-0.1, -0.05) is 0 Å². The van der Waals surface area contributed by atoms with Crippen LogP contribution < -0.4 is 0 Å². The van der Waals surface area contributed by atoms with E-state index >= 15 is 0 Å². The summed E-state index contributed by atoms with van der Waals surface area (Å²) in [5, 5.41) is 0. The SMILES string of the molecule is COC(=O)Cc1ncc(CCl)c(C(F)F)c1Br. The number of nitrogens with zero attached hydrogens (tertiary/aromatic N) is 1. The number of carbonyl (C=O) groups excluding carboxylic acids is 1. The molecule has 0 amide bonds. The van der Waals surface area contributed by atoms with Crippen LogP contribution in [0.2, 0.25) is 0 Å². The predicted octanol–water partition coefficient (Wildman–Crippen LogP) is 3.24. The molecule has 0 saturated carbocycles. The van der Waals surface area contributed by atoms with Gasteiger partial charge in [0.2, 0.25) is 0 Å². The van der Waals surface area contributed by atoms with E-state index in [0.717, 1.165) is 0 Å². The van der Waals surface area contributed by atoms with E-state index in [1.165, 1.54) is 13.3 Å². The number of methoxy groups -OCH3 is 1. The van der Waals surface area contributed by atoms with E-state index in [2.05, 4.69) is 25.7 Å². The number of carbonyl (C=O) groups is 1. The van der Waals surface area contributed by atoms with Crippen LogP contribution in [-0.2, 0) is 21.8 Å². The van der Waals surface area contributed by atoms with Crippen LogP contribution in [0.25, 0.3) is 0 Å². The number of alkyl halides is 3. The van der Waals surface area contributed by atoms with Crippen molar-refractivity contribution in [3.8, 4) is 0 Å². The van der Waals surface area contributed by atoms with Gasteiger partial charge in [-0.05, 0) is 21.5 Å². The highest BCUT2D eigenvalue weighted by Crippen LogP contribution is 2.33. The molecule has 0 N–H and O–H groups in total. The lowest BCUT2D eigenvalue weighted by atomic mass is 10.1. The molecular weight excluding hydrogens is 319 g/mol. The van der Waals surface area contributed by atoms with Crippen molar-refractivity contribution in [2.24, 2.45) is 0 Å². The van der Waals surface area contributed by atoms with Crippen molar-refractivity contribution in [1.82, 2.24) is 4.98 Å². The van der Waals surface area contributed by atoms with Gasteiger partial charge in [0.1, 0.15) is 0 Å². The number of rotatable bonds is 4. The summed E-state index contributed by atoms with van der Waals surface area (Å²) >= 11 is 8.57. The van der Waals surface area contributed by atoms with Gasteiger partial charge < -0.3 is 4.74 Å². The number of hydrogen-bond acceptors (Lipinski definition) is 3. The Bertz CT molecular complexity index is 429. The Labute approximate surface area is 110 Å². The van der Waals surface area contributed by atoms with Gasteiger partial charge >= 0.3 is 5.97 Å². The van der Waals surface area contributed by atoms with Gasteiger partial charge in [-0.25, -0.2) is 8.78 Å². The second kappa shape index (κ2) is 6.26. The summed E-state index contributed by atoms with van der Waals surface area (Å²) in [5.41, 5.74) is 0.220. The molecule has 1 aromatic rings. The molecule has 0 aromatic carbocycles. The Morgan fingerprint density at radius 3 is 2.76 bits per heavy atom. The topological polar surface area (TPSA) is 39.2 Å². The molecule has 1 heterocycles. The van der Waals surface area contributed by atoms with E-state index in [-0.39, 0.29) is 33.6 Å². The molecule has 7 heteroatoms. The number of halogens is 4. The molecule has 0 spiro atoms. The number of aromatic nitrogens is 1. The largest absolute Gasteiger partial charge is 0.469 e. The monoisotopic (exact) mass is 327 g/mol. The zero-order valence-corrected chi connectivity index (χ0v) is 11.2. The predicted molar refractivity (Wildman–Crippen MR) is 62.2 cm³/mol. The molecular formula is C10H9BrClF2NO2. The van der Waals surface area contributed by atoms with Gasteiger partial charge in [0.15, 0.2) is 0 Å². The molecule has 17 heavy (non-hydrogen) atoms. The van der Waals surface area contributed by atoms with E-state index in [9.17, 15) is 13.6 Å². The van der Waals surface area contributed by atoms with E-state index < -0.39 is 12.4 Å². The van der Waals surface area contributed by atoms with Gasteiger partial charge in [-0.3, -0.25) is 9.78 Å². The second-order valence-corrected chi connectivity index (χ2v) is 4.21. The first-order chi connectivity index (χ1) is 8.01. The molecule has 3 nitrogen and oxygen atoms in total. The van der Waals surface area contributed by atoms with Crippen molar-refractivity contribution in [3.63, 3.8) is 0 Å². The lowest BCUT2D eigenvalue weighted by Crippen LogP contribution is -2.09. The van der Waals surface area contributed by atoms with Crippen LogP contribution in [0.4, 0.5) is 8.78 Å². The zero-order chi connectivity index (χ0) is 13.0. The van der Waals surface area contributed by atoms with Crippen LogP contribution in [0.1, 0.15) is 23.2 Å². The van der Waals surface area contributed by atoms with Crippen molar-refractivity contribution >= 4 is 33.5 Å². The second-order valence-electron chi connectivity index (χ2n) is 3.15. The Hall–Kier alpha value is -0.750. The molecule has 0 saturated heterocycles. The van der Waals surface area contributed by atoms with E-state index in [4.69, 9.17) is 11.6 Å². The van der Waals surface area contributed by atoms with Gasteiger partial charge in [0, 0.05) is 22.1 Å². The quantitative estimate of drug-likeness (QED) is 0.629. The number of hydrogen-bond donors (Lipinski definition) is 0. The molecule has 0 radical (unpaired) electrons. The third kappa shape index (κ3) is 3.35. The molecule has 1 rings (SSSR count). The minimum atomic E-state index is -2.68. The third-order valence-electron chi connectivity index (χ3n) is 2.11. The van der Waals surface area contributed by atoms with Crippen LogP contribution in [0.5, 0.6) is 0 Å². The Kier molecular flexibility index (Phi) is 5.27. The fraction of sp³-hybridized carbons (Fsp3) is 0.400. The highest BCUT2D eigenvalue weighted by Gasteiger charge is 2.21. The van der Waals surface area contributed by atoms with Crippen LogP contribution in [0.3, 0.4) is 0 Å². The Morgan fingerprint density at radius 1 is 1.65 bits per heavy atom. The first kappa shape index (κ1) is 14.3. The summed E-state index contributed by atoms with van der Waals surface area (Å²) in [6, 6.07) is 0. The molecule has 0 unspecified atom stereocenters. The van der Waals surface area contributed by atoms with Crippen molar-refractivity contribution in [3.05, 3.63) is 27.5 Å². The average molecular weight is 329 g/mol. The van der Waals surface area contributed by atoms with Crippen molar-refractivity contribution in [1.29, 1.82) is 0 Å². The van der Waals surface area contributed by atoms with Crippen LogP contribution in [0.15, 0.2) is 10.7 Å². The van der Waals surface area contributed by atoms with E-state index in [1.807, 2.05) is 0 Å². The zero-order valence-electron chi connectivity index (χ0n) is 8.84. The third-order valence-corrected chi connectivity index (χ3v) is 3.29. The summed E-state index contributed by atoms with van der Waals surface area (Å²) in [5.74, 6) is -0.610. The van der Waals surface area contributed by atoms with Gasteiger partial charge in [-0.15, -0.1) is 11.6 Å². The number of esters is 1. The summed E-state index contributed by atoms with van der Waals surface area (Å²) in [4.78, 5) is 15.0. The number of ether oxygens (including phenoxy) is 1. The highest BCUT2D eigenvalue weighted by molar-refractivity contribution is 9.10. The Morgan fingerprint density at radius 2 is 2.29 bits per heavy atom. The Balaban J connectivity index is 3.18. The molecule has 0 aliphatic heterocycles. The highest BCUT2D eigenvalue weighted by atomic mass is 79.9. The first-order valence-corrected chi connectivity index (χ1v) is 5.91. The molecule has 94 valence electrons. The first-order valence-electron chi connectivity index (χ1n) is 4.58. The van der Waals surface area contributed by atoms with Crippen molar-refractivity contribution in [2.45, 2.75) is 18.7 Å². The molecule has 0 bridgehead atoms. The summed E-state index contributed by atoms with van der Waals surface area (Å²) in [7, 11) is 1.22. The van der Waals surface area contributed by atoms with Gasteiger partial charge in [0.25, 0.3) is 6.43 Å². The van der Waals surface area contributed by atoms with Crippen molar-refractivity contribution in [2.75, 3.05) is 7.11 Å². The molecule has 0 aliphatic carbocycles. The van der Waals surface area contributed by atoms with Crippen LogP contribution in [-0.4, -0.2) is 18.1 Å². The maximum atomic E-state index is 12.8. The number of pyridine rings is 1. The summed E-state index contributed by atoms with van der Waals surface area (Å²) < 4.78 is 30.2. The van der Waals surface area contributed by atoms with E-state index in [0.29, 0.717) is 0 Å². The van der Waals surface area contributed by atoms with E-state index in [1.54, 1.807) is 0 Å². The molecule has 0 aliphatic rings. The lowest BCUT2D eigenvalue weighted by Gasteiger charge is -2.11. The lowest BCUT2D eigenvalue weighted by molar-refractivity contribution is -0.139. The van der Waals surface area contributed by atoms with Gasteiger partial charge in [0.05, 0.1) is 19.2 Å². The fourth-order valence-corrected chi connectivity index (χ4v) is 2.14. The molecule has 0 atom stereocenters. The molecule has 0 fully saturated rings. The van der Waals surface area contributed by atoms with Crippen molar-refractivity contribution < 1.29 is 18.3 Å². The maximum absolute atomic E-state index is 12.8. The smallest absolute Gasteiger partial charge is 0.311 e. The minimum Gasteiger partial charge on any atom is -0.469 e. The minimum absolute atomic E-state index is 0.0657. The maximum Gasteiger partial charge on any atom is 0.311 e. The normalized spacial score (nSPS) is 10.7. The standard InChI is InChI=1S/C10H9BrClF2NO2/c1-17-7(16)2-6-9(11)8(10(13)14)5(3-12)4-15-6/h4,10H,2-3H2,1H3. The average Bonchev–Trinajstić information content (AvgIpc) is 2.30. The molecule has 1 aromatic heterocycles. The van der Waals surface area contributed by atoms with Gasteiger partial charge in [-0.2, -0.15) is 0 Å².